The van der Waals surface area contributed by atoms with Crippen LogP contribution in [0.5, 0.6) is 0 Å². The van der Waals surface area contributed by atoms with Crippen molar-refractivity contribution in [2.45, 2.75) is 64.5 Å². The number of nitrogens with one attached hydrogen (secondary N) is 1. The van der Waals surface area contributed by atoms with Gasteiger partial charge in [-0.05, 0) is 26.3 Å². The maximum Gasteiger partial charge on any atom is 0.240 e. The third-order valence-corrected chi connectivity index (χ3v) is 3.54. The van der Waals surface area contributed by atoms with Crippen LogP contribution in [0.25, 0.3) is 0 Å². The lowest BCUT2D eigenvalue weighted by molar-refractivity contribution is -0.131. The fourth-order valence-corrected chi connectivity index (χ4v) is 2.56. The Labute approximate surface area is 99.6 Å². The summed E-state index contributed by atoms with van der Waals surface area (Å²) in [5.41, 5.74) is 0. The first-order chi connectivity index (χ1) is 7.74. The lowest BCUT2D eigenvalue weighted by Crippen LogP contribution is -2.41. The molecule has 2 unspecified atom stereocenters. The molecule has 2 atom stereocenters. The highest BCUT2D eigenvalue weighted by Gasteiger charge is 2.34. The van der Waals surface area contributed by atoms with Gasteiger partial charge < -0.3 is 10.2 Å². The number of amides is 1. The second-order valence-electron chi connectivity index (χ2n) is 4.75. The summed E-state index contributed by atoms with van der Waals surface area (Å²) >= 11 is 0. The van der Waals surface area contributed by atoms with Crippen LogP contribution in [-0.4, -0.2) is 36.5 Å². The van der Waals surface area contributed by atoms with Crippen LogP contribution in [0.15, 0.2) is 0 Å². The molecule has 0 bridgehead atoms. The van der Waals surface area contributed by atoms with E-state index in [1.165, 1.54) is 25.7 Å². The highest BCUT2D eigenvalue weighted by Crippen LogP contribution is 2.21. The quantitative estimate of drug-likeness (QED) is 0.721. The smallest absolute Gasteiger partial charge is 0.240 e. The number of carbonyl (C=O) groups is 1. The average molecular weight is 226 g/mol. The van der Waals surface area contributed by atoms with Gasteiger partial charge in [0.25, 0.3) is 0 Å². The molecule has 3 heteroatoms. The topological polar surface area (TPSA) is 32.3 Å². The Morgan fingerprint density at radius 2 is 2.12 bits per heavy atom. The van der Waals surface area contributed by atoms with Crippen molar-refractivity contribution in [3.8, 4) is 0 Å². The van der Waals surface area contributed by atoms with Crippen molar-refractivity contribution < 1.29 is 4.79 Å². The van der Waals surface area contributed by atoms with Crippen molar-refractivity contribution in [3.05, 3.63) is 0 Å². The van der Waals surface area contributed by atoms with Gasteiger partial charge in [0.2, 0.25) is 5.91 Å². The molecule has 1 aliphatic rings. The van der Waals surface area contributed by atoms with Crippen molar-refractivity contribution in [1.29, 1.82) is 0 Å². The lowest BCUT2D eigenvalue weighted by Gasteiger charge is -2.28. The van der Waals surface area contributed by atoms with Crippen molar-refractivity contribution in [3.63, 3.8) is 0 Å². The van der Waals surface area contributed by atoms with Gasteiger partial charge in [0.15, 0.2) is 0 Å². The zero-order chi connectivity index (χ0) is 12.0. The Bertz CT molecular complexity index is 218. The van der Waals surface area contributed by atoms with Crippen LogP contribution in [0.1, 0.15) is 52.4 Å². The summed E-state index contributed by atoms with van der Waals surface area (Å²) in [5.74, 6) is 0.317. The standard InChI is InChI=1S/C13H26N2O/c1-4-6-8-11(7-5-2)15-10-9-12(14-3)13(15)16/h11-12,14H,4-10H2,1-3H3. The third-order valence-electron chi connectivity index (χ3n) is 3.54. The fourth-order valence-electron chi connectivity index (χ4n) is 2.56. The number of carbonyl (C=O) groups excluding carboxylic acids is 1. The predicted molar refractivity (Wildman–Crippen MR) is 67.4 cm³/mol. The molecule has 3 nitrogen and oxygen atoms in total. The molecule has 94 valence electrons. The van der Waals surface area contributed by atoms with Crippen LogP contribution in [0.2, 0.25) is 0 Å². The normalized spacial score (nSPS) is 22.8. The molecule has 1 amide bonds. The molecule has 0 radical (unpaired) electrons. The van der Waals surface area contributed by atoms with Gasteiger partial charge in [-0.25, -0.2) is 0 Å². The minimum atomic E-state index is 0.0704. The monoisotopic (exact) mass is 226 g/mol. The number of likely N-dealkylation sites (N-methyl/N-ethyl adjacent to an activating group) is 1. The van der Waals surface area contributed by atoms with Crippen LogP contribution in [0.4, 0.5) is 0 Å². The Kier molecular flexibility index (Phi) is 5.81. The van der Waals surface area contributed by atoms with Gasteiger partial charge in [-0.3, -0.25) is 4.79 Å². The highest BCUT2D eigenvalue weighted by atomic mass is 16.2. The molecular formula is C13H26N2O. The maximum absolute atomic E-state index is 12.1. The van der Waals surface area contributed by atoms with E-state index in [1.807, 2.05) is 7.05 Å². The number of nitrogens with zero attached hydrogens (tertiary/aromatic N) is 1. The molecule has 1 rings (SSSR count). The van der Waals surface area contributed by atoms with E-state index < -0.39 is 0 Å². The maximum atomic E-state index is 12.1. The van der Waals surface area contributed by atoms with Crippen LogP contribution in [-0.2, 0) is 4.79 Å². The van der Waals surface area contributed by atoms with Gasteiger partial charge in [-0.2, -0.15) is 0 Å². The highest BCUT2D eigenvalue weighted by molar-refractivity contribution is 5.84. The number of likely N-dealkylation sites (tertiary alicyclic amines) is 1. The van der Waals surface area contributed by atoms with E-state index in [1.54, 1.807) is 0 Å². The molecule has 0 aromatic rings. The van der Waals surface area contributed by atoms with E-state index in [9.17, 15) is 4.79 Å². The van der Waals surface area contributed by atoms with Gasteiger partial charge in [-0.15, -0.1) is 0 Å². The first-order valence-electron chi connectivity index (χ1n) is 6.72. The summed E-state index contributed by atoms with van der Waals surface area (Å²) in [6.45, 7) is 5.36. The molecule has 1 N–H and O–H groups in total. The zero-order valence-electron chi connectivity index (χ0n) is 11.0. The molecule has 0 spiro atoms. The van der Waals surface area contributed by atoms with E-state index in [4.69, 9.17) is 0 Å². The molecular weight excluding hydrogens is 200 g/mol. The minimum absolute atomic E-state index is 0.0704. The van der Waals surface area contributed by atoms with Crippen LogP contribution < -0.4 is 5.32 Å². The Morgan fingerprint density at radius 1 is 1.38 bits per heavy atom. The number of unbranched alkanes of at least 4 members (excludes halogenated alkanes) is 1. The Balaban J connectivity index is 2.53. The number of rotatable bonds is 7. The van der Waals surface area contributed by atoms with E-state index in [0.29, 0.717) is 11.9 Å². The number of hydrogen-bond acceptors (Lipinski definition) is 2. The van der Waals surface area contributed by atoms with Gasteiger partial charge >= 0.3 is 0 Å². The molecule has 1 heterocycles. The second-order valence-corrected chi connectivity index (χ2v) is 4.75. The second kappa shape index (κ2) is 6.89. The zero-order valence-corrected chi connectivity index (χ0v) is 11.0. The van der Waals surface area contributed by atoms with E-state index >= 15 is 0 Å². The summed E-state index contributed by atoms with van der Waals surface area (Å²) < 4.78 is 0. The third kappa shape index (κ3) is 3.21. The molecule has 1 saturated heterocycles. The van der Waals surface area contributed by atoms with Gasteiger partial charge in [0.05, 0.1) is 6.04 Å². The molecule has 0 aromatic heterocycles. The van der Waals surface area contributed by atoms with Crippen LogP contribution in [0, 0.1) is 0 Å². The number of hydrogen-bond donors (Lipinski definition) is 1. The summed E-state index contributed by atoms with van der Waals surface area (Å²) in [6.07, 6.45) is 6.93. The van der Waals surface area contributed by atoms with Gasteiger partial charge in [-0.1, -0.05) is 33.1 Å². The summed E-state index contributed by atoms with van der Waals surface area (Å²) in [4.78, 5) is 14.2. The average Bonchev–Trinajstić information content (AvgIpc) is 2.66. The van der Waals surface area contributed by atoms with Crippen LogP contribution >= 0.6 is 0 Å². The Hall–Kier alpha value is -0.570. The van der Waals surface area contributed by atoms with Crippen molar-refractivity contribution in [2.75, 3.05) is 13.6 Å². The molecule has 0 aliphatic carbocycles. The molecule has 0 aromatic carbocycles. The first kappa shape index (κ1) is 13.5. The summed E-state index contributed by atoms with van der Waals surface area (Å²) in [5, 5.41) is 3.11. The van der Waals surface area contributed by atoms with Gasteiger partial charge in [0.1, 0.15) is 0 Å². The largest absolute Gasteiger partial charge is 0.338 e. The fraction of sp³-hybridized carbons (Fsp3) is 0.923. The lowest BCUT2D eigenvalue weighted by atomic mass is 10.0. The summed E-state index contributed by atoms with van der Waals surface area (Å²) in [6, 6.07) is 0.553. The molecule has 1 aliphatic heterocycles. The van der Waals surface area contributed by atoms with Crippen molar-refractivity contribution in [2.24, 2.45) is 0 Å². The van der Waals surface area contributed by atoms with Crippen molar-refractivity contribution >= 4 is 5.91 Å². The van der Waals surface area contributed by atoms with E-state index in [0.717, 1.165) is 19.4 Å². The predicted octanol–water partition coefficient (Wildman–Crippen LogP) is 2.17. The Morgan fingerprint density at radius 3 is 2.62 bits per heavy atom. The van der Waals surface area contributed by atoms with E-state index in [-0.39, 0.29) is 6.04 Å². The minimum Gasteiger partial charge on any atom is -0.338 e. The van der Waals surface area contributed by atoms with Crippen molar-refractivity contribution in [1.82, 2.24) is 10.2 Å². The first-order valence-corrected chi connectivity index (χ1v) is 6.72. The van der Waals surface area contributed by atoms with E-state index in [2.05, 4.69) is 24.1 Å². The van der Waals surface area contributed by atoms with Gasteiger partial charge in [0, 0.05) is 12.6 Å². The summed E-state index contributed by atoms with van der Waals surface area (Å²) in [7, 11) is 1.88. The SMILES string of the molecule is CCCCC(CCC)N1CCC(NC)C1=O. The molecule has 1 fully saturated rings. The molecule has 0 saturated carbocycles. The molecule has 16 heavy (non-hydrogen) atoms. The van der Waals surface area contributed by atoms with Crippen LogP contribution in [0.3, 0.4) is 0 Å².